The van der Waals surface area contributed by atoms with Gasteiger partial charge < -0.3 is 20.5 Å². The van der Waals surface area contributed by atoms with E-state index < -0.39 is 0 Å². The fraction of sp³-hybridized carbons (Fsp3) is 0.440. The fourth-order valence-electron chi connectivity index (χ4n) is 5.64. The second-order valence-corrected chi connectivity index (χ2v) is 9.43. The number of pyridine rings is 3. The van der Waals surface area contributed by atoms with Gasteiger partial charge in [-0.1, -0.05) is 0 Å². The van der Waals surface area contributed by atoms with Crippen molar-refractivity contribution >= 4 is 28.3 Å². The van der Waals surface area contributed by atoms with Gasteiger partial charge in [-0.25, -0.2) is 4.98 Å². The Labute approximate surface area is 197 Å². The number of amides is 1. The first-order valence-electron chi connectivity index (χ1n) is 12.1. The molecule has 1 saturated carbocycles. The van der Waals surface area contributed by atoms with Crippen molar-refractivity contribution < 1.29 is 4.79 Å². The minimum absolute atomic E-state index is 0.00244. The Morgan fingerprint density at radius 2 is 2.06 bits per heavy atom. The lowest BCUT2D eigenvalue weighted by molar-refractivity contribution is 0.0658. The lowest BCUT2D eigenvalue weighted by atomic mass is 9.81. The Hall–Kier alpha value is -3.46. The second-order valence-electron chi connectivity index (χ2n) is 9.43. The van der Waals surface area contributed by atoms with Crippen LogP contribution in [-0.2, 0) is 13.0 Å². The minimum atomic E-state index is -0.167. The fourth-order valence-corrected chi connectivity index (χ4v) is 5.64. The van der Waals surface area contributed by atoms with Gasteiger partial charge in [0, 0.05) is 57.1 Å². The smallest absolute Gasteiger partial charge is 0.269 e. The maximum Gasteiger partial charge on any atom is 0.269 e. The number of hydrogen-bond acceptors (Lipinski definition) is 7. The lowest BCUT2D eigenvalue weighted by Crippen LogP contribution is -2.64. The number of nitrogens with one attached hydrogen (secondary N) is 3. The van der Waals surface area contributed by atoms with Gasteiger partial charge in [-0.3, -0.25) is 19.5 Å². The van der Waals surface area contributed by atoms with Gasteiger partial charge in [-0.2, -0.15) is 0 Å². The maximum atomic E-state index is 12.6. The molecule has 2 atom stereocenters. The van der Waals surface area contributed by atoms with Crippen LogP contribution in [0.5, 0.6) is 0 Å². The SMILES string of the molecule is CNC(=O)c1ccc(N2CCN(Cc3cnc4c5c(c(=O)[nH]c4c3)CCCN5)[C@@H]3CC[C@@H]32)cn1. The predicted molar refractivity (Wildman–Crippen MR) is 131 cm³/mol. The summed E-state index contributed by atoms with van der Waals surface area (Å²) in [5.74, 6) is -0.167. The summed E-state index contributed by atoms with van der Waals surface area (Å²) < 4.78 is 0. The Bertz CT molecular complexity index is 1300. The number of aromatic amines is 1. The number of hydrogen-bond donors (Lipinski definition) is 3. The molecule has 9 heteroatoms. The zero-order chi connectivity index (χ0) is 23.2. The van der Waals surface area contributed by atoms with Crippen LogP contribution in [0.1, 0.15) is 40.9 Å². The zero-order valence-corrected chi connectivity index (χ0v) is 19.3. The van der Waals surface area contributed by atoms with Crippen LogP contribution in [0.15, 0.2) is 35.4 Å². The van der Waals surface area contributed by atoms with E-state index in [1.165, 1.54) is 6.42 Å². The third-order valence-electron chi connectivity index (χ3n) is 7.54. The van der Waals surface area contributed by atoms with Gasteiger partial charge in [-0.15, -0.1) is 0 Å². The van der Waals surface area contributed by atoms with Crippen molar-refractivity contribution in [3.8, 4) is 0 Å². The molecule has 34 heavy (non-hydrogen) atoms. The van der Waals surface area contributed by atoms with Crippen LogP contribution in [0.25, 0.3) is 11.0 Å². The molecule has 176 valence electrons. The number of fused-ring (bicyclic) bond motifs is 4. The number of piperazine rings is 1. The first-order chi connectivity index (χ1) is 16.6. The van der Waals surface area contributed by atoms with Gasteiger partial charge >= 0.3 is 0 Å². The molecule has 0 spiro atoms. The van der Waals surface area contributed by atoms with Crippen LogP contribution >= 0.6 is 0 Å². The Balaban J connectivity index is 1.19. The Kier molecular flexibility index (Phi) is 5.21. The van der Waals surface area contributed by atoms with E-state index in [0.29, 0.717) is 17.8 Å². The Morgan fingerprint density at radius 3 is 2.82 bits per heavy atom. The quantitative estimate of drug-likeness (QED) is 0.547. The molecule has 0 bridgehead atoms. The summed E-state index contributed by atoms with van der Waals surface area (Å²) in [6.45, 7) is 3.56. The number of nitrogens with zero attached hydrogens (tertiary/aromatic N) is 4. The molecule has 3 aromatic heterocycles. The van der Waals surface area contributed by atoms with E-state index in [-0.39, 0.29) is 11.5 Å². The highest BCUT2D eigenvalue weighted by molar-refractivity contribution is 5.92. The van der Waals surface area contributed by atoms with Crippen LogP contribution in [0.4, 0.5) is 11.4 Å². The average molecular weight is 460 g/mol. The van der Waals surface area contributed by atoms with E-state index in [0.717, 1.165) is 79.0 Å². The number of carbonyl (C=O) groups is 1. The molecule has 9 nitrogen and oxygen atoms in total. The molecule has 3 aromatic rings. The maximum absolute atomic E-state index is 12.6. The van der Waals surface area contributed by atoms with Crippen molar-refractivity contribution in [3.05, 3.63) is 57.8 Å². The molecular formula is C25H29N7O2. The topological polar surface area (TPSA) is 106 Å². The largest absolute Gasteiger partial charge is 0.383 e. The van der Waals surface area contributed by atoms with E-state index in [4.69, 9.17) is 4.98 Å². The summed E-state index contributed by atoms with van der Waals surface area (Å²) in [5, 5.41) is 5.99. The van der Waals surface area contributed by atoms with Crippen LogP contribution < -0.4 is 21.1 Å². The summed E-state index contributed by atoms with van der Waals surface area (Å²) in [7, 11) is 1.61. The highest BCUT2D eigenvalue weighted by atomic mass is 16.1. The first-order valence-corrected chi connectivity index (χ1v) is 12.1. The van der Waals surface area contributed by atoms with Crippen LogP contribution in [0.2, 0.25) is 0 Å². The number of rotatable bonds is 4. The zero-order valence-electron chi connectivity index (χ0n) is 19.3. The van der Waals surface area contributed by atoms with E-state index in [9.17, 15) is 9.59 Å². The summed E-state index contributed by atoms with van der Waals surface area (Å²) >= 11 is 0. The Morgan fingerprint density at radius 1 is 1.18 bits per heavy atom. The molecule has 3 aliphatic rings. The van der Waals surface area contributed by atoms with Crippen molar-refractivity contribution in [1.29, 1.82) is 0 Å². The molecule has 2 aliphatic heterocycles. The summed E-state index contributed by atoms with van der Waals surface area (Å²) in [6.07, 6.45) is 7.86. The molecule has 1 aliphatic carbocycles. The second kappa shape index (κ2) is 8.39. The van der Waals surface area contributed by atoms with Crippen LogP contribution in [0, 0.1) is 0 Å². The lowest BCUT2D eigenvalue weighted by Gasteiger charge is -2.54. The molecule has 0 radical (unpaired) electrons. The molecule has 0 aromatic carbocycles. The highest BCUT2D eigenvalue weighted by Gasteiger charge is 2.43. The van der Waals surface area contributed by atoms with Gasteiger partial charge in [0.2, 0.25) is 0 Å². The molecule has 0 unspecified atom stereocenters. The number of aromatic nitrogens is 3. The number of anilines is 2. The van der Waals surface area contributed by atoms with Gasteiger partial charge in [-0.05, 0) is 49.4 Å². The highest BCUT2D eigenvalue weighted by Crippen LogP contribution is 2.37. The summed E-state index contributed by atoms with van der Waals surface area (Å²) in [4.78, 5) is 41.5. The van der Waals surface area contributed by atoms with Gasteiger partial charge in [0.1, 0.15) is 11.2 Å². The van der Waals surface area contributed by atoms with Crippen molar-refractivity contribution in [3.63, 3.8) is 0 Å². The minimum Gasteiger partial charge on any atom is -0.383 e. The summed E-state index contributed by atoms with van der Waals surface area (Å²) in [6, 6.07) is 6.81. The standard InChI is InChI=1S/C25H29N7O2/c1-26-25(34)18-5-4-16(13-28-18)32-10-9-31(20-6-7-21(20)32)14-15-11-19-23(29-12-15)22-17(24(33)30-19)3-2-8-27-22/h4-5,11-13,20-21,27H,2-3,6-10,14H2,1H3,(H,26,34)(H,30,33)/t20-,21+/m1/s1. The normalized spacial score (nSPS) is 21.9. The van der Waals surface area contributed by atoms with Crippen molar-refractivity contribution in [1.82, 2.24) is 25.2 Å². The first kappa shape index (κ1) is 21.1. The van der Waals surface area contributed by atoms with Crippen LogP contribution in [0.3, 0.4) is 0 Å². The van der Waals surface area contributed by atoms with E-state index in [2.05, 4.69) is 36.5 Å². The third-order valence-corrected chi connectivity index (χ3v) is 7.54. The number of H-pyrrole nitrogens is 1. The molecule has 2 fully saturated rings. The molecule has 5 heterocycles. The molecule has 6 rings (SSSR count). The molecule has 3 N–H and O–H groups in total. The molecule has 1 saturated heterocycles. The average Bonchev–Trinajstić information content (AvgIpc) is 2.84. The van der Waals surface area contributed by atoms with E-state index >= 15 is 0 Å². The van der Waals surface area contributed by atoms with Crippen LogP contribution in [-0.4, -0.2) is 64.5 Å². The van der Waals surface area contributed by atoms with Crippen molar-refractivity contribution in [2.45, 2.75) is 44.3 Å². The van der Waals surface area contributed by atoms with Crippen molar-refractivity contribution in [2.24, 2.45) is 0 Å². The molecular weight excluding hydrogens is 430 g/mol. The van der Waals surface area contributed by atoms with Gasteiger partial charge in [0.25, 0.3) is 11.5 Å². The predicted octanol–water partition coefficient (Wildman–Crippen LogP) is 1.89. The van der Waals surface area contributed by atoms with E-state index in [1.807, 2.05) is 18.5 Å². The number of carbonyl (C=O) groups excluding carboxylic acids is 1. The monoisotopic (exact) mass is 459 g/mol. The van der Waals surface area contributed by atoms with Gasteiger partial charge in [0.15, 0.2) is 0 Å². The van der Waals surface area contributed by atoms with Gasteiger partial charge in [0.05, 0.1) is 23.1 Å². The molecule has 1 amide bonds. The van der Waals surface area contributed by atoms with Crippen molar-refractivity contribution in [2.75, 3.05) is 36.9 Å². The summed E-state index contributed by atoms with van der Waals surface area (Å²) in [5.41, 5.74) is 6.02. The van der Waals surface area contributed by atoms with E-state index in [1.54, 1.807) is 13.1 Å². The third kappa shape index (κ3) is 3.51.